The van der Waals surface area contributed by atoms with Crippen LogP contribution in [0.5, 0.6) is 0 Å². The van der Waals surface area contributed by atoms with Gasteiger partial charge in [-0.15, -0.1) is 0 Å². The summed E-state index contributed by atoms with van der Waals surface area (Å²) in [5, 5.41) is 0. The van der Waals surface area contributed by atoms with Crippen molar-refractivity contribution in [1.29, 1.82) is 0 Å². The molecular formula is C14H19N. The Morgan fingerprint density at radius 2 is 1.87 bits per heavy atom. The highest BCUT2D eigenvalue weighted by molar-refractivity contribution is 5.33. The minimum absolute atomic E-state index is 0.184. The van der Waals surface area contributed by atoms with Crippen LogP contribution in [0.4, 0.5) is 0 Å². The zero-order chi connectivity index (χ0) is 10.7. The Morgan fingerprint density at radius 3 is 2.47 bits per heavy atom. The minimum atomic E-state index is 0.184. The van der Waals surface area contributed by atoms with E-state index in [1.54, 1.807) is 5.57 Å². The van der Waals surface area contributed by atoms with Gasteiger partial charge in [-0.1, -0.05) is 25.5 Å². The summed E-state index contributed by atoms with van der Waals surface area (Å²) in [5.41, 5.74) is 3.16. The molecule has 0 atom stereocenters. The van der Waals surface area contributed by atoms with Crippen LogP contribution < -0.4 is 0 Å². The Bertz CT molecular complexity index is 349. The summed E-state index contributed by atoms with van der Waals surface area (Å²) in [4.78, 5) is 4.08. The molecule has 0 aromatic carbocycles. The second-order valence-electron chi connectivity index (χ2n) is 4.84. The van der Waals surface area contributed by atoms with Crippen LogP contribution in [0, 0.1) is 0 Å². The van der Waals surface area contributed by atoms with Crippen molar-refractivity contribution in [3.8, 4) is 0 Å². The predicted octanol–water partition coefficient (Wildman–Crippen LogP) is 3.86. The normalized spacial score (nSPS) is 17.3. The lowest BCUT2D eigenvalue weighted by atomic mass is 9.74. The zero-order valence-corrected chi connectivity index (χ0v) is 9.66. The second-order valence-corrected chi connectivity index (χ2v) is 4.84. The lowest BCUT2D eigenvalue weighted by Gasteiger charge is -2.31. The molecule has 0 saturated heterocycles. The van der Waals surface area contributed by atoms with Crippen LogP contribution in [-0.4, -0.2) is 4.98 Å². The summed E-state index contributed by atoms with van der Waals surface area (Å²) in [5.74, 6) is 0. The monoisotopic (exact) mass is 201 g/mol. The molecule has 0 fully saturated rings. The molecule has 0 aliphatic heterocycles. The zero-order valence-electron chi connectivity index (χ0n) is 9.66. The third-order valence-electron chi connectivity index (χ3n) is 3.50. The first-order valence-corrected chi connectivity index (χ1v) is 5.81. The van der Waals surface area contributed by atoms with E-state index in [1.165, 1.54) is 31.2 Å². The third kappa shape index (κ3) is 2.11. The van der Waals surface area contributed by atoms with Gasteiger partial charge in [-0.05, 0) is 43.4 Å². The first-order chi connectivity index (χ1) is 7.21. The van der Waals surface area contributed by atoms with Gasteiger partial charge in [0, 0.05) is 17.8 Å². The van der Waals surface area contributed by atoms with Crippen LogP contribution in [0.25, 0.3) is 0 Å². The van der Waals surface area contributed by atoms with Crippen molar-refractivity contribution in [1.82, 2.24) is 4.98 Å². The molecule has 1 aliphatic rings. The Hall–Kier alpha value is -1.11. The van der Waals surface area contributed by atoms with Crippen LogP contribution in [0.3, 0.4) is 0 Å². The molecule has 0 saturated carbocycles. The maximum Gasteiger partial charge on any atom is 0.0270 e. The van der Waals surface area contributed by atoms with Gasteiger partial charge in [-0.2, -0.15) is 0 Å². The minimum Gasteiger partial charge on any atom is -0.265 e. The van der Waals surface area contributed by atoms with E-state index < -0.39 is 0 Å². The summed E-state index contributed by atoms with van der Waals surface area (Å²) in [6.45, 7) is 4.64. The fraction of sp³-hybridized carbons (Fsp3) is 0.500. The van der Waals surface area contributed by atoms with Crippen molar-refractivity contribution in [2.45, 2.75) is 44.9 Å². The molecule has 1 nitrogen and oxygen atoms in total. The first-order valence-electron chi connectivity index (χ1n) is 5.81. The van der Waals surface area contributed by atoms with E-state index in [0.29, 0.717) is 0 Å². The van der Waals surface area contributed by atoms with E-state index in [2.05, 4.69) is 37.0 Å². The molecule has 80 valence electrons. The molecule has 0 amide bonds. The third-order valence-corrected chi connectivity index (χ3v) is 3.50. The van der Waals surface area contributed by atoms with Crippen LogP contribution in [0.2, 0.25) is 0 Å². The highest BCUT2D eigenvalue weighted by Crippen LogP contribution is 2.36. The van der Waals surface area contributed by atoms with E-state index in [9.17, 15) is 0 Å². The van der Waals surface area contributed by atoms with Gasteiger partial charge in [0.25, 0.3) is 0 Å². The van der Waals surface area contributed by atoms with Crippen molar-refractivity contribution < 1.29 is 0 Å². The van der Waals surface area contributed by atoms with Crippen LogP contribution in [0.15, 0.2) is 36.2 Å². The summed E-state index contributed by atoms with van der Waals surface area (Å²) in [6.07, 6.45) is 11.4. The molecule has 1 aromatic rings. The molecule has 1 aromatic heterocycles. The summed E-state index contributed by atoms with van der Waals surface area (Å²) in [7, 11) is 0. The molecule has 1 aliphatic carbocycles. The second kappa shape index (κ2) is 4.18. The molecule has 0 N–H and O–H groups in total. The Kier molecular flexibility index (Phi) is 2.90. The largest absolute Gasteiger partial charge is 0.265 e. The maximum atomic E-state index is 4.08. The molecule has 1 heterocycles. The topological polar surface area (TPSA) is 12.9 Å². The number of hydrogen-bond acceptors (Lipinski definition) is 1. The number of pyridine rings is 1. The van der Waals surface area contributed by atoms with Gasteiger partial charge in [0.2, 0.25) is 0 Å². The molecule has 0 unspecified atom stereocenters. The molecule has 0 spiro atoms. The molecule has 0 bridgehead atoms. The number of rotatable bonds is 2. The van der Waals surface area contributed by atoms with E-state index in [1.807, 2.05) is 12.4 Å². The Labute approximate surface area is 92.2 Å². The average molecular weight is 201 g/mol. The van der Waals surface area contributed by atoms with E-state index in [0.717, 1.165) is 0 Å². The molecule has 0 radical (unpaired) electrons. The summed E-state index contributed by atoms with van der Waals surface area (Å²) in [6, 6.07) is 4.27. The smallest absolute Gasteiger partial charge is 0.0270 e. The fourth-order valence-corrected chi connectivity index (χ4v) is 2.36. The standard InChI is InChI=1S/C14H19N/c1-14(2,12-6-4-3-5-7-12)13-8-10-15-11-9-13/h6,8-11H,3-5,7H2,1-2H3. The number of hydrogen-bond donors (Lipinski definition) is 0. The van der Waals surface area contributed by atoms with Gasteiger partial charge in [-0.3, -0.25) is 4.98 Å². The van der Waals surface area contributed by atoms with Crippen molar-refractivity contribution >= 4 is 0 Å². The van der Waals surface area contributed by atoms with Gasteiger partial charge in [-0.25, -0.2) is 0 Å². The summed E-state index contributed by atoms with van der Waals surface area (Å²) < 4.78 is 0. The lowest BCUT2D eigenvalue weighted by molar-refractivity contribution is 0.548. The molecular weight excluding hydrogens is 182 g/mol. The lowest BCUT2D eigenvalue weighted by Crippen LogP contribution is -2.21. The van der Waals surface area contributed by atoms with E-state index >= 15 is 0 Å². The van der Waals surface area contributed by atoms with Crippen LogP contribution in [0.1, 0.15) is 45.1 Å². The molecule has 15 heavy (non-hydrogen) atoms. The first kappa shape index (κ1) is 10.4. The molecule has 1 heteroatoms. The Morgan fingerprint density at radius 1 is 1.13 bits per heavy atom. The van der Waals surface area contributed by atoms with Crippen molar-refractivity contribution in [3.63, 3.8) is 0 Å². The van der Waals surface area contributed by atoms with Gasteiger partial charge in [0.15, 0.2) is 0 Å². The van der Waals surface area contributed by atoms with Crippen molar-refractivity contribution in [2.24, 2.45) is 0 Å². The SMILES string of the molecule is CC(C)(C1=CCCCC1)c1ccncc1. The van der Waals surface area contributed by atoms with E-state index in [-0.39, 0.29) is 5.41 Å². The van der Waals surface area contributed by atoms with Gasteiger partial charge < -0.3 is 0 Å². The molecule has 2 rings (SSSR count). The van der Waals surface area contributed by atoms with Crippen molar-refractivity contribution in [2.75, 3.05) is 0 Å². The van der Waals surface area contributed by atoms with Crippen LogP contribution >= 0.6 is 0 Å². The summed E-state index contributed by atoms with van der Waals surface area (Å²) >= 11 is 0. The number of nitrogens with zero attached hydrogens (tertiary/aromatic N) is 1. The number of allylic oxidation sites excluding steroid dienone is 2. The average Bonchev–Trinajstić information content (AvgIpc) is 2.31. The van der Waals surface area contributed by atoms with Gasteiger partial charge >= 0.3 is 0 Å². The van der Waals surface area contributed by atoms with Crippen LogP contribution in [-0.2, 0) is 5.41 Å². The van der Waals surface area contributed by atoms with Gasteiger partial charge in [0.05, 0.1) is 0 Å². The number of aromatic nitrogens is 1. The Balaban J connectivity index is 2.30. The van der Waals surface area contributed by atoms with Gasteiger partial charge in [0.1, 0.15) is 0 Å². The highest BCUT2D eigenvalue weighted by atomic mass is 14.6. The highest BCUT2D eigenvalue weighted by Gasteiger charge is 2.25. The quantitative estimate of drug-likeness (QED) is 0.662. The maximum absolute atomic E-state index is 4.08. The van der Waals surface area contributed by atoms with E-state index in [4.69, 9.17) is 0 Å². The predicted molar refractivity (Wildman–Crippen MR) is 63.8 cm³/mol. The van der Waals surface area contributed by atoms with Crippen molar-refractivity contribution in [3.05, 3.63) is 41.7 Å². The fourth-order valence-electron chi connectivity index (χ4n) is 2.36.